The van der Waals surface area contributed by atoms with Gasteiger partial charge in [-0.05, 0) is 38.1 Å². The molecule has 2 fully saturated rings. The molecule has 0 unspecified atom stereocenters. The highest BCUT2D eigenvalue weighted by Gasteiger charge is 2.21. The van der Waals surface area contributed by atoms with E-state index in [2.05, 4.69) is 27.2 Å². The van der Waals surface area contributed by atoms with E-state index in [1.165, 1.54) is 0 Å². The molecule has 2 aliphatic rings. The molecule has 2 aliphatic heterocycles. The molecule has 7 heteroatoms. The summed E-state index contributed by atoms with van der Waals surface area (Å²) >= 11 is 0. The summed E-state index contributed by atoms with van der Waals surface area (Å²) in [7, 11) is 0. The van der Waals surface area contributed by atoms with E-state index in [4.69, 9.17) is 13.9 Å². The predicted molar refractivity (Wildman–Crippen MR) is 109 cm³/mol. The van der Waals surface area contributed by atoms with Crippen molar-refractivity contribution < 1.29 is 18.7 Å². The molecular weight excluding hydrogens is 358 g/mol. The minimum atomic E-state index is -0.150. The predicted octanol–water partition coefficient (Wildman–Crippen LogP) is 2.82. The zero-order chi connectivity index (χ0) is 19.5. The molecule has 0 aliphatic carbocycles. The van der Waals surface area contributed by atoms with Gasteiger partial charge < -0.3 is 29.0 Å². The number of carbonyl (C=O) groups excluding carboxylic acids is 1. The number of nitrogens with zero attached hydrogens (tertiary/aromatic N) is 2. The third-order valence-electron chi connectivity index (χ3n) is 5.24. The van der Waals surface area contributed by atoms with E-state index in [1.807, 2.05) is 19.9 Å². The van der Waals surface area contributed by atoms with Crippen LogP contribution in [0.15, 0.2) is 28.7 Å². The molecule has 1 N–H and O–H groups in total. The number of rotatable bonds is 4. The van der Waals surface area contributed by atoms with Gasteiger partial charge in [0, 0.05) is 31.9 Å². The molecular formula is C21H27N3O4. The lowest BCUT2D eigenvalue weighted by Crippen LogP contribution is -2.38. The van der Waals surface area contributed by atoms with Gasteiger partial charge in [0.05, 0.1) is 43.4 Å². The van der Waals surface area contributed by atoms with Crippen LogP contribution in [0.5, 0.6) is 0 Å². The molecule has 2 saturated heterocycles. The van der Waals surface area contributed by atoms with Crippen molar-refractivity contribution in [3.63, 3.8) is 0 Å². The van der Waals surface area contributed by atoms with Crippen LogP contribution in [0.1, 0.15) is 21.9 Å². The molecule has 0 spiro atoms. The SMILES string of the molecule is Cc1cc(C(=O)Nc2ccc(N3CCOCC3)cc2N2CCOCC2)c(C)o1. The highest BCUT2D eigenvalue weighted by molar-refractivity contribution is 6.06. The summed E-state index contributed by atoms with van der Waals surface area (Å²) in [4.78, 5) is 17.4. The molecule has 0 radical (unpaired) electrons. The molecule has 0 saturated carbocycles. The summed E-state index contributed by atoms with van der Waals surface area (Å²) < 4.78 is 16.5. The molecule has 4 rings (SSSR count). The number of morpholine rings is 2. The Kier molecular flexibility index (Phi) is 5.54. The summed E-state index contributed by atoms with van der Waals surface area (Å²) in [6.07, 6.45) is 0. The summed E-state index contributed by atoms with van der Waals surface area (Å²) in [5.41, 5.74) is 3.56. The maximum Gasteiger partial charge on any atom is 0.259 e. The Labute approximate surface area is 165 Å². The monoisotopic (exact) mass is 385 g/mol. The normalized spacial score (nSPS) is 17.6. The number of nitrogens with one attached hydrogen (secondary N) is 1. The van der Waals surface area contributed by atoms with Gasteiger partial charge in [0.1, 0.15) is 11.5 Å². The van der Waals surface area contributed by atoms with Crippen molar-refractivity contribution in [2.24, 2.45) is 0 Å². The van der Waals surface area contributed by atoms with E-state index in [0.717, 1.165) is 62.2 Å². The molecule has 0 bridgehead atoms. The van der Waals surface area contributed by atoms with Crippen molar-refractivity contribution in [1.82, 2.24) is 0 Å². The first-order valence-corrected chi connectivity index (χ1v) is 9.79. The van der Waals surface area contributed by atoms with Gasteiger partial charge in [0.2, 0.25) is 0 Å². The number of carbonyl (C=O) groups is 1. The quantitative estimate of drug-likeness (QED) is 0.873. The maximum atomic E-state index is 12.8. The van der Waals surface area contributed by atoms with Gasteiger partial charge in [0.25, 0.3) is 5.91 Å². The number of hydrogen-bond acceptors (Lipinski definition) is 6. The van der Waals surface area contributed by atoms with Crippen molar-refractivity contribution in [2.75, 3.05) is 67.7 Å². The first kappa shape index (κ1) is 18.8. The lowest BCUT2D eigenvalue weighted by molar-refractivity contribution is 0.102. The number of aryl methyl sites for hydroxylation is 2. The van der Waals surface area contributed by atoms with Crippen LogP contribution in [0.3, 0.4) is 0 Å². The number of benzene rings is 1. The molecule has 1 amide bonds. The molecule has 2 aromatic rings. The molecule has 1 aromatic heterocycles. The van der Waals surface area contributed by atoms with Gasteiger partial charge in [-0.15, -0.1) is 0 Å². The molecule has 0 atom stereocenters. The second-order valence-corrected chi connectivity index (χ2v) is 7.18. The van der Waals surface area contributed by atoms with Gasteiger partial charge in [-0.1, -0.05) is 0 Å². The fraction of sp³-hybridized carbons (Fsp3) is 0.476. The highest BCUT2D eigenvalue weighted by Crippen LogP contribution is 2.32. The van der Waals surface area contributed by atoms with Crippen molar-refractivity contribution >= 4 is 23.0 Å². The molecule has 1 aromatic carbocycles. The Morgan fingerprint density at radius 3 is 2.18 bits per heavy atom. The molecule has 7 nitrogen and oxygen atoms in total. The van der Waals surface area contributed by atoms with Crippen molar-refractivity contribution in [3.05, 3.63) is 41.3 Å². The van der Waals surface area contributed by atoms with E-state index in [0.29, 0.717) is 24.5 Å². The van der Waals surface area contributed by atoms with Crippen LogP contribution < -0.4 is 15.1 Å². The summed E-state index contributed by atoms with van der Waals surface area (Å²) in [6, 6.07) is 8.01. The Morgan fingerprint density at radius 1 is 0.929 bits per heavy atom. The molecule has 3 heterocycles. The zero-order valence-electron chi connectivity index (χ0n) is 16.5. The van der Waals surface area contributed by atoms with E-state index in [-0.39, 0.29) is 5.91 Å². The maximum absolute atomic E-state index is 12.8. The minimum Gasteiger partial charge on any atom is -0.466 e. The number of hydrogen-bond donors (Lipinski definition) is 1. The van der Waals surface area contributed by atoms with E-state index in [9.17, 15) is 4.79 Å². The fourth-order valence-electron chi connectivity index (χ4n) is 3.76. The number of anilines is 3. The van der Waals surface area contributed by atoms with Crippen LogP contribution in [0.25, 0.3) is 0 Å². The van der Waals surface area contributed by atoms with Crippen LogP contribution in [0, 0.1) is 13.8 Å². The first-order chi connectivity index (χ1) is 13.6. The van der Waals surface area contributed by atoms with Crippen molar-refractivity contribution in [1.29, 1.82) is 0 Å². The average Bonchev–Trinajstić information content (AvgIpc) is 3.08. The zero-order valence-corrected chi connectivity index (χ0v) is 16.5. The van der Waals surface area contributed by atoms with Crippen molar-refractivity contribution in [3.8, 4) is 0 Å². The Hall–Kier alpha value is -2.51. The van der Waals surface area contributed by atoms with E-state index in [1.54, 1.807) is 6.07 Å². The van der Waals surface area contributed by atoms with Crippen LogP contribution in [0.2, 0.25) is 0 Å². The summed E-state index contributed by atoms with van der Waals surface area (Å²) in [6.45, 7) is 9.88. The van der Waals surface area contributed by atoms with Gasteiger partial charge in [-0.25, -0.2) is 0 Å². The van der Waals surface area contributed by atoms with Gasteiger partial charge in [-0.2, -0.15) is 0 Å². The largest absolute Gasteiger partial charge is 0.466 e. The lowest BCUT2D eigenvalue weighted by atomic mass is 10.1. The smallest absolute Gasteiger partial charge is 0.259 e. The van der Waals surface area contributed by atoms with Crippen molar-refractivity contribution in [2.45, 2.75) is 13.8 Å². The molecule has 28 heavy (non-hydrogen) atoms. The first-order valence-electron chi connectivity index (χ1n) is 9.79. The Morgan fingerprint density at radius 2 is 1.57 bits per heavy atom. The van der Waals surface area contributed by atoms with Gasteiger partial charge in [0.15, 0.2) is 0 Å². The number of amides is 1. The third-order valence-corrected chi connectivity index (χ3v) is 5.24. The highest BCUT2D eigenvalue weighted by atomic mass is 16.5. The average molecular weight is 385 g/mol. The standard InChI is InChI=1S/C21H27N3O4/c1-15-13-18(16(2)28-15)21(25)22-19-4-3-17(23-5-9-26-10-6-23)14-20(19)24-7-11-27-12-8-24/h3-4,13-14H,5-12H2,1-2H3,(H,22,25). The molecule has 150 valence electrons. The van der Waals surface area contributed by atoms with E-state index < -0.39 is 0 Å². The fourth-order valence-corrected chi connectivity index (χ4v) is 3.76. The van der Waals surface area contributed by atoms with Crippen LogP contribution in [-0.2, 0) is 9.47 Å². The Bertz CT molecular complexity index is 836. The second-order valence-electron chi connectivity index (χ2n) is 7.18. The Balaban J connectivity index is 1.62. The summed E-state index contributed by atoms with van der Waals surface area (Å²) in [5, 5.41) is 3.08. The minimum absolute atomic E-state index is 0.150. The number of ether oxygens (including phenoxy) is 2. The lowest BCUT2D eigenvalue weighted by Gasteiger charge is -2.33. The van der Waals surface area contributed by atoms with Crippen LogP contribution in [0.4, 0.5) is 17.1 Å². The van der Waals surface area contributed by atoms with E-state index >= 15 is 0 Å². The van der Waals surface area contributed by atoms with Gasteiger partial charge in [-0.3, -0.25) is 4.79 Å². The van der Waals surface area contributed by atoms with Gasteiger partial charge >= 0.3 is 0 Å². The van der Waals surface area contributed by atoms with Crippen LogP contribution in [-0.4, -0.2) is 58.5 Å². The third kappa shape index (κ3) is 4.00. The summed E-state index contributed by atoms with van der Waals surface area (Å²) in [5.74, 6) is 1.22. The number of furan rings is 1. The topological polar surface area (TPSA) is 67.2 Å². The second kappa shape index (κ2) is 8.24. The van der Waals surface area contributed by atoms with Crippen LogP contribution >= 0.6 is 0 Å².